The van der Waals surface area contributed by atoms with Crippen molar-refractivity contribution >= 4 is 56.4 Å². The van der Waals surface area contributed by atoms with Crippen LogP contribution in [0.15, 0.2) is 58.1 Å². The molecular formula is C21H19BrN6OS. The highest BCUT2D eigenvalue weighted by molar-refractivity contribution is 9.10. The van der Waals surface area contributed by atoms with Crippen LogP contribution in [0.2, 0.25) is 0 Å². The number of fused-ring (bicyclic) bond motifs is 3. The molecular weight excluding hydrogens is 464 g/mol. The van der Waals surface area contributed by atoms with E-state index in [0.29, 0.717) is 17.7 Å². The Balaban J connectivity index is 1.67. The summed E-state index contributed by atoms with van der Waals surface area (Å²) in [5.41, 5.74) is 1.73. The van der Waals surface area contributed by atoms with E-state index in [1.54, 1.807) is 17.0 Å². The Morgan fingerprint density at radius 1 is 1.17 bits per heavy atom. The van der Waals surface area contributed by atoms with Crippen LogP contribution < -0.4 is 10.5 Å². The van der Waals surface area contributed by atoms with E-state index < -0.39 is 0 Å². The molecule has 4 heterocycles. The van der Waals surface area contributed by atoms with Gasteiger partial charge in [-0.3, -0.25) is 14.3 Å². The van der Waals surface area contributed by atoms with Gasteiger partial charge in [0.2, 0.25) is 11.7 Å². The van der Waals surface area contributed by atoms with E-state index in [0.717, 1.165) is 46.1 Å². The number of hydrogen-bond donors (Lipinski definition) is 0. The minimum Gasteiger partial charge on any atom is -0.339 e. The van der Waals surface area contributed by atoms with Gasteiger partial charge < -0.3 is 4.90 Å². The van der Waals surface area contributed by atoms with Crippen LogP contribution in [0, 0.1) is 0 Å². The summed E-state index contributed by atoms with van der Waals surface area (Å²) >= 11 is 5.45. The van der Waals surface area contributed by atoms with Gasteiger partial charge in [-0.05, 0) is 29.8 Å². The Morgan fingerprint density at radius 2 is 2.03 bits per heavy atom. The number of allylic oxidation sites excluding steroid dienone is 1. The highest BCUT2D eigenvalue weighted by Gasteiger charge is 2.21. The first-order chi connectivity index (χ1) is 14.7. The number of thioether (sulfide) groups is 1. The van der Waals surface area contributed by atoms with Gasteiger partial charge in [0.1, 0.15) is 0 Å². The molecule has 1 aliphatic heterocycles. The van der Waals surface area contributed by atoms with Gasteiger partial charge in [0.05, 0.1) is 10.9 Å². The van der Waals surface area contributed by atoms with Crippen molar-refractivity contribution in [3.63, 3.8) is 0 Å². The van der Waals surface area contributed by atoms with Gasteiger partial charge in [0.15, 0.2) is 0 Å². The topological polar surface area (TPSA) is 68.3 Å². The largest absolute Gasteiger partial charge is 0.339 e. The number of anilines is 1. The van der Waals surface area contributed by atoms with E-state index in [9.17, 15) is 4.79 Å². The number of aromatic nitrogens is 5. The minimum atomic E-state index is -0.0808. The average Bonchev–Trinajstić information content (AvgIpc) is 3.22. The van der Waals surface area contributed by atoms with Crippen molar-refractivity contribution in [2.75, 3.05) is 29.5 Å². The summed E-state index contributed by atoms with van der Waals surface area (Å²) in [5, 5.41) is 9.54. The molecule has 0 atom stereocenters. The van der Waals surface area contributed by atoms with Crippen molar-refractivity contribution in [2.24, 2.45) is 0 Å². The van der Waals surface area contributed by atoms with E-state index in [1.807, 2.05) is 58.6 Å². The lowest BCUT2D eigenvalue weighted by Gasteiger charge is -2.26. The Kier molecular flexibility index (Phi) is 5.30. The molecule has 0 N–H and O–H groups in total. The van der Waals surface area contributed by atoms with Gasteiger partial charge in [-0.2, -0.15) is 11.8 Å². The smallest absolute Gasteiger partial charge is 0.263 e. The summed E-state index contributed by atoms with van der Waals surface area (Å²) in [7, 11) is 0. The number of pyridine rings is 1. The second-order valence-corrected chi connectivity index (χ2v) is 9.14. The van der Waals surface area contributed by atoms with E-state index in [1.165, 1.54) is 0 Å². The third-order valence-electron chi connectivity index (χ3n) is 5.12. The molecule has 0 spiro atoms. The summed E-state index contributed by atoms with van der Waals surface area (Å²) in [6.45, 7) is 2.24. The summed E-state index contributed by atoms with van der Waals surface area (Å²) in [6.07, 6.45) is 7.44. The van der Waals surface area contributed by atoms with Gasteiger partial charge >= 0.3 is 0 Å². The molecule has 3 aromatic heterocycles. The molecule has 0 saturated carbocycles. The molecule has 9 heteroatoms. The van der Waals surface area contributed by atoms with Crippen LogP contribution in [-0.2, 0) is 6.54 Å². The molecule has 4 aromatic rings. The van der Waals surface area contributed by atoms with Crippen LogP contribution in [0.25, 0.3) is 22.8 Å². The normalized spacial score (nSPS) is 14.9. The van der Waals surface area contributed by atoms with E-state index in [4.69, 9.17) is 0 Å². The third kappa shape index (κ3) is 3.52. The van der Waals surface area contributed by atoms with Crippen molar-refractivity contribution < 1.29 is 0 Å². The van der Waals surface area contributed by atoms with Gasteiger partial charge in [0, 0.05) is 48.0 Å². The number of nitrogens with zero attached hydrogens (tertiary/aromatic N) is 6. The second kappa shape index (κ2) is 8.23. The standard InChI is InChI=1S/C21H19BrN6OS/c22-16-5-6-18-17(13-16)19(29)27(8-2-4-15-3-1-7-23-14-15)21-25-24-20(28(18)21)26-9-11-30-12-10-26/h1-7,13-14H,8-12H2. The monoisotopic (exact) mass is 482 g/mol. The summed E-state index contributed by atoms with van der Waals surface area (Å²) < 4.78 is 4.56. The van der Waals surface area contributed by atoms with Gasteiger partial charge in [0.25, 0.3) is 5.56 Å². The third-order valence-corrected chi connectivity index (χ3v) is 6.56. The summed E-state index contributed by atoms with van der Waals surface area (Å²) in [5.74, 6) is 3.47. The first-order valence-corrected chi connectivity index (χ1v) is 11.6. The Bertz CT molecular complexity index is 1290. The Morgan fingerprint density at radius 3 is 2.83 bits per heavy atom. The number of rotatable bonds is 4. The number of halogens is 1. The highest BCUT2D eigenvalue weighted by atomic mass is 79.9. The van der Waals surface area contributed by atoms with Gasteiger partial charge in [-0.15, -0.1) is 10.2 Å². The van der Waals surface area contributed by atoms with Crippen molar-refractivity contribution in [3.8, 4) is 0 Å². The lowest BCUT2D eigenvalue weighted by molar-refractivity contribution is 0.782. The van der Waals surface area contributed by atoms with E-state index in [-0.39, 0.29) is 5.56 Å². The maximum Gasteiger partial charge on any atom is 0.263 e. The molecule has 1 aromatic carbocycles. The molecule has 1 aliphatic rings. The molecule has 152 valence electrons. The van der Waals surface area contributed by atoms with Crippen molar-refractivity contribution in [2.45, 2.75) is 6.54 Å². The molecule has 0 unspecified atom stereocenters. The molecule has 1 saturated heterocycles. The molecule has 1 fully saturated rings. The minimum absolute atomic E-state index is 0.0808. The van der Waals surface area contributed by atoms with Crippen LogP contribution in [0.5, 0.6) is 0 Å². The van der Waals surface area contributed by atoms with E-state index >= 15 is 0 Å². The molecule has 5 rings (SSSR count). The number of hydrogen-bond acceptors (Lipinski definition) is 6. The van der Waals surface area contributed by atoms with Crippen LogP contribution in [0.1, 0.15) is 5.56 Å². The van der Waals surface area contributed by atoms with Crippen LogP contribution in [-0.4, -0.2) is 48.7 Å². The van der Waals surface area contributed by atoms with Gasteiger partial charge in [-0.1, -0.05) is 34.1 Å². The fraction of sp³-hybridized carbons (Fsp3) is 0.238. The first-order valence-electron chi connectivity index (χ1n) is 9.69. The number of benzene rings is 1. The van der Waals surface area contributed by atoms with Crippen LogP contribution >= 0.6 is 27.7 Å². The molecule has 0 bridgehead atoms. The maximum atomic E-state index is 13.3. The lowest BCUT2D eigenvalue weighted by Crippen LogP contribution is -2.34. The molecule has 0 radical (unpaired) electrons. The fourth-order valence-corrected chi connectivity index (χ4v) is 4.93. The van der Waals surface area contributed by atoms with Crippen LogP contribution in [0.4, 0.5) is 5.95 Å². The molecule has 0 amide bonds. The highest BCUT2D eigenvalue weighted by Crippen LogP contribution is 2.24. The predicted octanol–water partition coefficient (Wildman–Crippen LogP) is 3.47. The molecule has 0 aliphatic carbocycles. The second-order valence-electron chi connectivity index (χ2n) is 7.00. The average molecular weight is 483 g/mol. The maximum absolute atomic E-state index is 13.3. The Labute approximate surface area is 185 Å². The van der Waals surface area contributed by atoms with Crippen LogP contribution in [0.3, 0.4) is 0 Å². The molecule has 30 heavy (non-hydrogen) atoms. The molecule has 7 nitrogen and oxygen atoms in total. The zero-order valence-corrected chi connectivity index (χ0v) is 18.5. The van der Waals surface area contributed by atoms with Gasteiger partial charge in [-0.25, -0.2) is 4.40 Å². The van der Waals surface area contributed by atoms with E-state index in [2.05, 4.69) is 36.0 Å². The predicted molar refractivity (Wildman–Crippen MR) is 125 cm³/mol. The fourth-order valence-electron chi connectivity index (χ4n) is 3.67. The first kappa shape index (κ1) is 19.3. The Hall–Kier alpha value is -2.65. The van der Waals surface area contributed by atoms with Crippen molar-refractivity contribution in [1.82, 2.24) is 24.1 Å². The SMILES string of the molecule is O=c1c2cc(Br)ccc2n2c(N3CCSCC3)nnc2n1CC=Cc1cccnc1. The van der Waals surface area contributed by atoms with Crippen molar-refractivity contribution in [3.05, 3.63) is 69.2 Å². The zero-order chi connectivity index (χ0) is 20.5. The summed E-state index contributed by atoms with van der Waals surface area (Å²) in [4.78, 5) is 19.7. The quantitative estimate of drug-likeness (QED) is 0.443. The summed E-state index contributed by atoms with van der Waals surface area (Å²) in [6, 6.07) is 9.63. The van der Waals surface area contributed by atoms with Crippen molar-refractivity contribution in [1.29, 1.82) is 0 Å². The zero-order valence-electron chi connectivity index (χ0n) is 16.1. The lowest BCUT2D eigenvalue weighted by atomic mass is 10.2.